The Morgan fingerprint density at radius 1 is 1.08 bits per heavy atom. The van der Waals surface area contributed by atoms with Gasteiger partial charge in [-0.1, -0.05) is 36.4 Å². The van der Waals surface area contributed by atoms with E-state index in [1.807, 2.05) is 18.2 Å². The van der Waals surface area contributed by atoms with E-state index >= 15 is 0 Å². The molecular formula is C22H26N2O2. The summed E-state index contributed by atoms with van der Waals surface area (Å²) in [6.45, 7) is 3.22. The molecule has 0 saturated carbocycles. The van der Waals surface area contributed by atoms with Gasteiger partial charge in [0.15, 0.2) is 0 Å². The maximum absolute atomic E-state index is 6.18. The molecule has 0 radical (unpaired) electrons. The van der Waals surface area contributed by atoms with Crippen LogP contribution in [-0.2, 0) is 17.8 Å². The van der Waals surface area contributed by atoms with Crippen molar-refractivity contribution in [2.75, 3.05) is 33.9 Å². The Kier molecular flexibility index (Phi) is 4.96. The Labute approximate surface area is 154 Å². The Hall–Kier alpha value is -2.30. The van der Waals surface area contributed by atoms with E-state index in [9.17, 15) is 0 Å². The lowest BCUT2D eigenvalue weighted by atomic mass is 10.2. The van der Waals surface area contributed by atoms with E-state index in [0.29, 0.717) is 12.6 Å². The van der Waals surface area contributed by atoms with Gasteiger partial charge in [-0.15, -0.1) is 0 Å². The summed E-state index contributed by atoms with van der Waals surface area (Å²) in [5.74, 6) is 0.955. The maximum Gasteiger partial charge on any atom is 0.129 e. The zero-order valence-electron chi connectivity index (χ0n) is 15.5. The molecular weight excluding hydrogens is 324 g/mol. The molecule has 4 heteroatoms. The molecule has 1 saturated heterocycles. The number of fused-ring (bicyclic) bond motifs is 1. The zero-order chi connectivity index (χ0) is 17.9. The van der Waals surface area contributed by atoms with E-state index < -0.39 is 0 Å². The number of hydrogen-bond donors (Lipinski definition) is 0. The van der Waals surface area contributed by atoms with Crippen LogP contribution in [0.3, 0.4) is 0 Å². The van der Waals surface area contributed by atoms with Crippen molar-refractivity contribution >= 4 is 10.9 Å². The van der Waals surface area contributed by atoms with Gasteiger partial charge < -0.3 is 18.9 Å². The van der Waals surface area contributed by atoms with Gasteiger partial charge in [0, 0.05) is 24.0 Å². The smallest absolute Gasteiger partial charge is 0.129 e. The minimum atomic E-state index is 0.439. The van der Waals surface area contributed by atoms with Crippen LogP contribution in [0, 0.1) is 0 Å². The average Bonchev–Trinajstić information content (AvgIpc) is 2.97. The second-order valence-corrected chi connectivity index (χ2v) is 7.21. The van der Waals surface area contributed by atoms with Crippen LogP contribution in [0.2, 0.25) is 0 Å². The summed E-state index contributed by atoms with van der Waals surface area (Å²) < 4.78 is 14.1. The molecule has 3 aromatic rings. The standard InChI is InChI=1S/C22H26N2O2/c1-23(2)12-11-18-13-20-21(24(18)19-15-25-16-19)9-6-10-22(20)26-14-17-7-4-3-5-8-17/h3-10,13,19H,11-12,14-16H2,1-2H3. The Morgan fingerprint density at radius 3 is 2.58 bits per heavy atom. The van der Waals surface area contributed by atoms with Crippen LogP contribution in [0.4, 0.5) is 0 Å². The maximum atomic E-state index is 6.18. The first-order valence-corrected chi connectivity index (χ1v) is 9.24. The predicted octanol–water partition coefficient (Wildman–Crippen LogP) is 3.90. The first kappa shape index (κ1) is 17.1. The van der Waals surface area contributed by atoms with Crippen molar-refractivity contribution in [2.45, 2.75) is 19.1 Å². The largest absolute Gasteiger partial charge is 0.488 e. The minimum absolute atomic E-state index is 0.439. The second-order valence-electron chi connectivity index (χ2n) is 7.21. The van der Waals surface area contributed by atoms with E-state index in [2.05, 4.69) is 60.0 Å². The van der Waals surface area contributed by atoms with Gasteiger partial charge in [-0.2, -0.15) is 0 Å². The van der Waals surface area contributed by atoms with Gasteiger partial charge in [0.25, 0.3) is 0 Å². The number of benzene rings is 2. The molecule has 4 nitrogen and oxygen atoms in total. The van der Waals surface area contributed by atoms with Crippen LogP contribution in [0.15, 0.2) is 54.6 Å². The molecule has 1 aromatic heterocycles. The Morgan fingerprint density at radius 2 is 1.88 bits per heavy atom. The molecule has 4 rings (SSSR count). The molecule has 136 valence electrons. The fourth-order valence-corrected chi connectivity index (χ4v) is 3.47. The lowest BCUT2D eigenvalue weighted by Crippen LogP contribution is -2.32. The Balaban J connectivity index is 1.66. The molecule has 26 heavy (non-hydrogen) atoms. The summed E-state index contributed by atoms with van der Waals surface area (Å²) in [6.07, 6.45) is 1.02. The van der Waals surface area contributed by atoms with Crippen LogP contribution in [0.5, 0.6) is 5.75 Å². The number of ether oxygens (including phenoxy) is 2. The van der Waals surface area contributed by atoms with E-state index in [4.69, 9.17) is 9.47 Å². The SMILES string of the molecule is CN(C)CCc1cc2c(OCc3ccccc3)cccc2n1C1COC1. The van der Waals surface area contributed by atoms with Gasteiger partial charge in [0.1, 0.15) is 12.4 Å². The lowest BCUT2D eigenvalue weighted by molar-refractivity contribution is -0.0224. The van der Waals surface area contributed by atoms with Crippen LogP contribution < -0.4 is 4.74 Å². The van der Waals surface area contributed by atoms with E-state index in [1.54, 1.807) is 0 Å². The van der Waals surface area contributed by atoms with E-state index in [-0.39, 0.29) is 0 Å². The van der Waals surface area contributed by atoms with E-state index in [1.165, 1.54) is 22.2 Å². The monoisotopic (exact) mass is 350 g/mol. The van der Waals surface area contributed by atoms with Crippen LogP contribution in [0.1, 0.15) is 17.3 Å². The number of rotatable bonds is 7. The third-order valence-corrected chi connectivity index (χ3v) is 4.96. The Bertz CT molecular complexity index is 866. The van der Waals surface area contributed by atoms with Crippen molar-refractivity contribution < 1.29 is 9.47 Å². The van der Waals surface area contributed by atoms with Crippen molar-refractivity contribution in [1.29, 1.82) is 0 Å². The second kappa shape index (κ2) is 7.52. The van der Waals surface area contributed by atoms with Crippen molar-refractivity contribution in [1.82, 2.24) is 9.47 Å². The predicted molar refractivity (Wildman–Crippen MR) is 105 cm³/mol. The summed E-state index contributed by atoms with van der Waals surface area (Å²) in [5.41, 5.74) is 3.79. The fourth-order valence-electron chi connectivity index (χ4n) is 3.47. The van der Waals surface area contributed by atoms with Crippen LogP contribution in [-0.4, -0.2) is 43.3 Å². The van der Waals surface area contributed by atoms with Gasteiger partial charge in [-0.3, -0.25) is 0 Å². The van der Waals surface area contributed by atoms with Crippen molar-refractivity contribution in [3.8, 4) is 5.75 Å². The highest BCUT2D eigenvalue weighted by molar-refractivity contribution is 5.87. The normalized spacial score (nSPS) is 14.7. The number of likely N-dealkylation sites (N-methyl/N-ethyl adjacent to an activating group) is 1. The van der Waals surface area contributed by atoms with Gasteiger partial charge in [-0.25, -0.2) is 0 Å². The molecule has 0 bridgehead atoms. The molecule has 0 spiro atoms. The first-order valence-electron chi connectivity index (χ1n) is 9.24. The number of hydrogen-bond acceptors (Lipinski definition) is 3. The molecule has 0 N–H and O–H groups in total. The highest BCUT2D eigenvalue weighted by Crippen LogP contribution is 2.34. The summed E-state index contributed by atoms with van der Waals surface area (Å²) in [7, 11) is 4.24. The topological polar surface area (TPSA) is 26.6 Å². The first-order chi connectivity index (χ1) is 12.7. The lowest BCUT2D eigenvalue weighted by Gasteiger charge is -2.30. The highest BCUT2D eigenvalue weighted by atomic mass is 16.5. The van der Waals surface area contributed by atoms with Crippen molar-refractivity contribution in [3.05, 3.63) is 65.9 Å². The molecule has 0 aliphatic carbocycles. The molecule has 0 amide bonds. The molecule has 0 unspecified atom stereocenters. The molecule has 2 heterocycles. The summed E-state index contributed by atoms with van der Waals surface area (Å²) in [6, 6.07) is 19.4. The molecule has 0 atom stereocenters. The molecule has 1 fully saturated rings. The minimum Gasteiger partial charge on any atom is -0.488 e. The number of nitrogens with zero attached hydrogens (tertiary/aromatic N) is 2. The average molecular weight is 350 g/mol. The number of aromatic nitrogens is 1. The van der Waals surface area contributed by atoms with Crippen molar-refractivity contribution in [2.24, 2.45) is 0 Å². The van der Waals surface area contributed by atoms with Gasteiger partial charge >= 0.3 is 0 Å². The van der Waals surface area contributed by atoms with Crippen LogP contribution in [0.25, 0.3) is 10.9 Å². The summed E-state index contributed by atoms with van der Waals surface area (Å²) in [5, 5.41) is 1.20. The molecule has 1 aliphatic heterocycles. The zero-order valence-corrected chi connectivity index (χ0v) is 15.5. The van der Waals surface area contributed by atoms with Gasteiger partial charge in [0.2, 0.25) is 0 Å². The molecule has 1 aliphatic rings. The third-order valence-electron chi connectivity index (χ3n) is 4.96. The van der Waals surface area contributed by atoms with E-state index in [0.717, 1.165) is 31.9 Å². The van der Waals surface area contributed by atoms with Crippen molar-refractivity contribution in [3.63, 3.8) is 0 Å². The quantitative estimate of drug-likeness (QED) is 0.647. The third kappa shape index (κ3) is 3.48. The van der Waals surface area contributed by atoms with Crippen LogP contribution >= 0.6 is 0 Å². The fraction of sp³-hybridized carbons (Fsp3) is 0.364. The summed E-state index contributed by atoms with van der Waals surface area (Å²) >= 11 is 0. The highest BCUT2D eigenvalue weighted by Gasteiger charge is 2.25. The van der Waals surface area contributed by atoms with Gasteiger partial charge in [0.05, 0.1) is 24.8 Å². The summed E-state index contributed by atoms with van der Waals surface area (Å²) in [4.78, 5) is 2.23. The molecule has 2 aromatic carbocycles. The van der Waals surface area contributed by atoms with Gasteiger partial charge in [-0.05, 0) is 37.9 Å².